The van der Waals surface area contributed by atoms with Gasteiger partial charge >= 0.3 is 6.18 Å². The number of nitrogens with zero attached hydrogens (tertiary/aromatic N) is 3. The van der Waals surface area contributed by atoms with Crippen molar-refractivity contribution in [3.05, 3.63) is 41.3 Å². The molecule has 1 aliphatic heterocycles. The van der Waals surface area contributed by atoms with E-state index in [4.69, 9.17) is 21.1 Å². The number of nitrogens with one attached hydrogen (secondary N) is 1. The minimum Gasteiger partial charge on any atom is -0.493 e. The van der Waals surface area contributed by atoms with Crippen LogP contribution in [0.5, 0.6) is 5.75 Å². The van der Waals surface area contributed by atoms with Crippen LogP contribution in [0.25, 0.3) is 22.3 Å². The summed E-state index contributed by atoms with van der Waals surface area (Å²) in [5.41, 5.74) is 0.352. The van der Waals surface area contributed by atoms with Crippen LogP contribution in [0.15, 0.2) is 30.5 Å². The molecular formula is C23H26ClF3N4O2. The first-order valence-corrected chi connectivity index (χ1v) is 11.3. The zero-order valence-electron chi connectivity index (χ0n) is 18.3. The fourth-order valence-electron chi connectivity index (χ4n) is 4.16. The van der Waals surface area contributed by atoms with Gasteiger partial charge < -0.3 is 19.4 Å². The third-order valence-electron chi connectivity index (χ3n) is 5.93. The SMILES string of the molecule is COCCn1ccc2c(-c3ccc(OCCC4CCNCC4)c(C(F)(F)F)c3)nc(Cl)nc21. The van der Waals surface area contributed by atoms with Crippen LogP contribution in [0.1, 0.15) is 24.8 Å². The summed E-state index contributed by atoms with van der Waals surface area (Å²) in [6.07, 6.45) is -0.00866. The fourth-order valence-corrected chi connectivity index (χ4v) is 4.32. The lowest BCUT2D eigenvalue weighted by atomic mass is 9.95. The Kier molecular flexibility index (Phi) is 7.41. The maximum absolute atomic E-state index is 13.9. The number of piperidine rings is 1. The Morgan fingerprint density at radius 1 is 1.15 bits per heavy atom. The van der Waals surface area contributed by atoms with Crippen LogP contribution in [0.3, 0.4) is 0 Å². The molecule has 1 N–H and O–H groups in total. The standard InChI is InChI=1S/C23H26ClF3N4O2/c1-32-13-11-31-10-6-17-20(29-22(24)30-21(17)31)16-2-3-19(18(14-16)23(25,26)27)33-12-7-15-4-8-28-9-5-15/h2-3,6,10,14-15,28H,4-5,7-9,11-13H2,1H3. The van der Waals surface area contributed by atoms with Gasteiger partial charge in [0.15, 0.2) is 0 Å². The van der Waals surface area contributed by atoms with Crippen molar-refractivity contribution >= 4 is 22.6 Å². The van der Waals surface area contributed by atoms with Crippen molar-refractivity contribution in [2.75, 3.05) is 33.4 Å². The van der Waals surface area contributed by atoms with Crippen LogP contribution in [0, 0.1) is 5.92 Å². The summed E-state index contributed by atoms with van der Waals surface area (Å²) in [6.45, 7) is 3.12. The molecule has 3 heterocycles. The van der Waals surface area contributed by atoms with Gasteiger partial charge in [-0.05, 0) is 74.1 Å². The summed E-state index contributed by atoms with van der Waals surface area (Å²) >= 11 is 6.12. The molecule has 2 aromatic heterocycles. The Morgan fingerprint density at radius 2 is 1.94 bits per heavy atom. The second-order valence-electron chi connectivity index (χ2n) is 8.12. The largest absolute Gasteiger partial charge is 0.493 e. The second-order valence-corrected chi connectivity index (χ2v) is 8.46. The average molecular weight is 483 g/mol. The van der Waals surface area contributed by atoms with Gasteiger partial charge in [-0.15, -0.1) is 0 Å². The van der Waals surface area contributed by atoms with Crippen molar-refractivity contribution < 1.29 is 22.6 Å². The minimum absolute atomic E-state index is 0.0364. The van der Waals surface area contributed by atoms with Gasteiger partial charge in [-0.2, -0.15) is 18.2 Å². The third-order valence-corrected chi connectivity index (χ3v) is 6.10. The Morgan fingerprint density at radius 3 is 2.67 bits per heavy atom. The lowest BCUT2D eigenvalue weighted by Crippen LogP contribution is -2.28. The smallest absolute Gasteiger partial charge is 0.419 e. The molecule has 4 rings (SSSR count). The zero-order chi connectivity index (χ0) is 23.4. The summed E-state index contributed by atoms with van der Waals surface area (Å²) in [4.78, 5) is 8.50. The number of benzene rings is 1. The van der Waals surface area contributed by atoms with Gasteiger partial charge in [-0.1, -0.05) is 0 Å². The van der Waals surface area contributed by atoms with Crippen molar-refractivity contribution in [3.63, 3.8) is 0 Å². The molecule has 0 atom stereocenters. The van der Waals surface area contributed by atoms with Gasteiger partial charge in [0.05, 0.1) is 24.5 Å². The van der Waals surface area contributed by atoms with Gasteiger partial charge in [-0.25, -0.2) is 4.98 Å². The van der Waals surface area contributed by atoms with Gasteiger partial charge in [0.1, 0.15) is 11.4 Å². The van der Waals surface area contributed by atoms with Crippen molar-refractivity contribution in [1.29, 1.82) is 0 Å². The molecule has 1 aliphatic rings. The Bertz CT molecular complexity index is 1100. The summed E-state index contributed by atoms with van der Waals surface area (Å²) in [5.74, 6) is 0.299. The monoisotopic (exact) mass is 482 g/mol. The Balaban J connectivity index is 1.63. The highest BCUT2D eigenvalue weighted by atomic mass is 35.5. The van der Waals surface area contributed by atoms with Crippen LogP contribution >= 0.6 is 11.6 Å². The topological polar surface area (TPSA) is 61.2 Å². The normalized spacial score (nSPS) is 15.3. The van der Waals surface area contributed by atoms with Gasteiger partial charge in [0.25, 0.3) is 0 Å². The van der Waals surface area contributed by atoms with E-state index < -0.39 is 11.7 Å². The molecule has 178 valence electrons. The van der Waals surface area contributed by atoms with E-state index in [9.17, 15) is 13.2 Å². The first-order chi connectivity index (χ1) is 15.9. The van der Waals surface area contributed by atoms with Crippen molar-refractivity contribution in [2.45, 2.75) is 32.0 Å². The number of halogens is 4. The lowest BCUT2D eigenvalue weighted by Gasteiger charge is -2.23. The number of alkyl halides is 3. The number of hydrogen-bond donors (Lipinski definition) is 1. The van der Waals surface area contributed by atoms with E-state index in [1.165, 1.54) is 6.07 Å². The van der Waals surface area contributed by atoms with Crippen molar-refractivity contribution in [3.8, 4) is 17.0 Å². The molecule has 0 saturated carbocycles. The Hall–Kier alpha value is -2.36. The predicted octanol–water partition coefficient (Wildman–Crippen LogP) is 5.19. The quantitative estimate of drug-likeness (QED) is 0.448. The number of aromatic nitrogens is 3. The maximum atomic E-state index is 13.9. The first-order valence-electron chi connectivity index (χ1n) is 10.9. The van der Waals surface area contributed by atoms with Gasteiger partial charge in [-0.3, -0.25) is 0 Å². The van der Waals surface area contributed by atoms with Gasteiger partial charge in [0.2, 0.25) is 5.28 Å². The maximum Gasteiger partial charge on any atom is 0.419 e. The molecule has 3 aromatic rings. The van der Waals surface area contributed by atoms with E-state index in [1.54, 1.807) is 25.4 Å². The lowest BCUT2D eigenvalue weighted by molar-refractivity contribution is -0.138. The molecule has 1 saturated heterocycles. The highest BCUT2D eigenvalue weighted by Crippen LogP contribution is 2.40. The summed E-state index contributed by atoms with van der Waals surface area (Å²) in [7, 11) is 1.59. The van der Waals surface area contributed by atoms with Gasteiger partial charge in [0, 0.05) is 30.8 Å². The summed E-state index contributed by atoms with van der Waals surface area (Å²) in [5, 5.41) is 3.86. The van der Waals surface area contributed by atoms with Crippen LogP contribution in [0.4, 0.5) is 13.2 Å². The second kappa shape index (κ2) is 10.3. The zero-order valence-corrected chi connectivity index (χ0v) is 19.0. The summed E-state index contributed by atoms with van der Waals surface area (Å²) in [6, 6.07) is 5.79. The number of fused-ring (bicyclic) bond motifs is 1. The van der Waals surface area contributed by atoms with E-state index in [2.05, 4.69) is 15.3 Å². The van der Waals surface area contributed by atoms with Crippen LogP contribution in [0.2, 0.25) is 5.28 Å². The van der Waals surface area contributed by atoms with E-state index >= 15 is 0 Å². The molecule has 0 radical (unpaired) electrons. The average Bonchev–Trinajstić information content (AvgIpc) is 3.20. The molecule has 10 heteroatoms. The fraction of sp³-hybridized carbons (Fsp3) is 0.478. The molecule has 0 unspecified atom stereocenters. The molecular weight excluding hydrogens is 457 g/mol. The Labute approximate surface area is 195 Å². The highest BCUT2D eigenvalue weighted by molar-refractivity contribution is 6.28. The molecule has 1 aromatic carbocycles. The van der Waals surface area contributed by atoms with Crippen molar-refractivity contribution in [2.24, 2.45) is 5.92 Å². The number of rotatable bonds is 8. The van der Waals surface area contributed by atoms with Crippen LogP contribution < -0.4 is 10.1 Å². The number of ether oxygens (including phenoxy) is 2. The summed E-state index contributed by atoms with van der Waals surface area (Å²) < 4.78 is 54.2. The molecule has 0 aliphatic carbocycles. The minimum atomic E-state index is -4.57. The van der Waals surface area contributed by atoms with Crippen LogP contribution in [-0.2, 0) is 17.5 Å². The van der Waals surface area contributed by atoms with E-state index in [0.717, 1.165) is 38.4 Å². The first kappa shape index (κ1) is 23.8. The predicted molar refractivity (Wildman–Crippen MR) is 121 cm³/mol. The van der Waals surface area contributed by atoms with Crippen molar-refractivity contribution in [1.82, 2.24) is 19.9 Å². The third kappa shape index (κ3) is 5.59. The number of hydrogen-bond acceptors (Lipinski definition) is 5. The molecule has 0 spiro atoms. The molecule has 6 nitrogen and oxygen atoms in total. The molecule has 0 amide bonds. The van der Waals surface area contributed by atoms with E-state index in [1.807, 2.05) is 4.57 Å². The molecule has 1 fully saturated rings. The van der Waals surface area contributed by atoms with Crippen LogP contribution in [-0.4, -0.2) is 47.9 Å². The highest BCUT2D eigenvalue weighted by Gasteiger charge is 2.35. The number of methoxy groups -OCH3 is 1. The molecule has 0 bridgehead atoms. The molecule has 33 heavy (non-hydrogen) atoms. The van der Waals surface area contributed by atoms with E-state index in [-0.39, 0.29) is 17.6 Å². The van der Waals surface area contributed by atoms with E-state index in [0.29, 0.717) is 41.4 Å².